The Balaban J connectivity index is 2.10. The average molecular weight is 337 g/mol. The fourth-order valence-corrected chi connectivity index (χ4v) is 2.81. The van der Waals surface area contributed by atoms with E-state index in [0.717, 1.165) is 54.4 Å². The highest BCUT2D eigenvalue weighted by molar-refractivity contribution is 7.80. The zero-order chi connectivity index (χ0) is 17.0. The van der Waals surface area contributed by atoms with Crippen LogP contribution in [0.1, 0.15) is 31.9 Å². The van der Waals surface area contributed by atoms with E-state index in [4.69, 9.17) is 4.74 Å². The van der Waals surface area contributed by atoms with Gasteiger partial charge in [-0.1, -0.05) is 0 Å². The van der Waals surface area contributed by atoms with E-state index >= 15 is 0 Å². The molecule has 1 aliphatic rings. The standard InChI is InChI=1S/C17H27N3O2S/c1-12-14(19-16(21)22-17(2,3)4)9-13(10-15(12)23)11-20-7-5-18-6-8-20/h9-10,18,23H,5-8,11H2,1-4H3,(H,19,21). The van der Waals surface area contributed by atoms with Crippen LogP contribution >= 0.6 is 12.6 Å². The highest BCUT2D eigenvalue weighted by Gasteiger charge is 2.18. The predicted octanol–water partition coefficient (Wildman–Crippen LogP) is 3.04. The van der Waals surface area contributed by atoms with Crippen LogP contribution in [0.3, 0.4) is 0 Å². The van der Waals surface area contributed by atoms with Crippen LogP contribution in [0.2, 0.25) is 0 Å². The predicted molar refractivity (Wildman–Crippen MR) is 96.4 cm³/mol. The van der Waals surface area contributed by atoms with Crippen molar-refractivity contribution in [2.75, 3.05) is 31.5 Å². The minimum absolute atomic E-state index is 0.437. The van der Waals surface area contributed by atoms with Crippen LogP contribution in [-0.4, -0.2) is 42.8 Å². The molecular weight excluding hydrogens is 310 g/mol. The van der Waals surface area contributed by atoms with Gasteiger partial charge in [-0.15, -0.1) is 12.6 Å². The first-order chi connectivity index (χ1) is 10.7. The first kappa shape index (κ1) is 18.1. The van der Waals surface area contributed by atoms with E-state index in [1.165, 1.54) is 0 Å². The van der Waals surface area contributed by atoms with Crippen LogP contribution in [0.25, 0.3) is 0 Å². The number of piperazine rings is 1. The van der Waals surface area contributed by atoms with Crippen LogP contribution in [0.4, 0.5) is 10.5 Å². The lowest BCUT2D eigenvalue weighted by atomic mass is 10.1. The monoisotopic (exact) mass is 337 g/mol. The molecule has 1 aromatic rings. The van der Waals surface area contributed by atoms with E-state index in [1.54, 1.807) is 0 Å². The summed E-state index contributed by atoms with van der Waals surface area (Å²) in [5, 5.41) is 6.19. The highest BCUT2D eigenvalue weighted by atomic mass is 32.1. The number of hydrogen-bond donors (Lipinski definition) is 3. The normalized spacial score (nSPS) is 16.2. The molecule has 1 fully saturated rings. The van der Waals surface area contributed by atoms with Crippen molar-refractivity contribution < 1.29 is 9.53 Å². The lowest BCUT2D eigenvalue weighted by molar-refractivity contribution is 0.0636. The third-order valence-electron chi connectivity index (χ3n) is 3.69. The van der Waals surface area contributed by atoms with Gasteiger partial charge in [-0.25, -0.2) is 4.79 Å². The van der Waals surface area contributed by atoms with Gasteiger partial charge in [0.25, 0.3) is 0 Å². The number of amides is 1. The van der Waals surface area contributed by atoms with Crippen molar-refractivity contribution in [1.29, 1.82) is 0 Å². The Morgan fingerprint density at radius 2 is 2.00 bits per heavy atom. The largest absolute Gasteiger partial charge is 0.444 e. The summed E-state index contributed by atoms with van der Waals surface area (Å²) >= 11 is 4.54. The first-order valence-corrected chi connectivity index (χ1v) is 8.45. The maximum Gasteiger partial charge on any atom is 0.412 e. The molecule has 0 aromatic heterocycles. The molecule has 2 rings (SSSR count). The molecule has 1 amide bonds. The second-order valence-electron chi connectivity index (χ2n) is 6.94. The zero-order valence-electron chi connectivity index (χ0n) is 14.4. The SMILES string of the molecule is Cc1c(S)cc(CN2CCNCC2)cc1NC(=O)OC(C)(C)C. The fourth-order valence-electron chi connectivity index (χ4n) is 2.52. The van der Waals surface area contributed by atoms with Crippen molar-refractivity contribution in [3.05, 3.63) is 23.3 Å². The van der Waals surface area contributed by atoms with Gasteiger partial charge in [-0.2, -0.15) is 0 Å². The van der Waals surface area contributed by atoms with Gasteiger partial charge in [0.05, 0.1) is 0 Å². The quantitative estimate of drug-likeness (QED) is 0.742. The topological polar surface area (TPSA) is 53.6 Å². The summed E-state index contributed by atoms with van der Waals surface area (Å²) in [4.78, 5) is 15.3. The third-order valence-corrected chi connectivity index (χ3v) is 4.16. The fraction of sp³-hybridized carbons (Fsp3) is 0.588. The summed E-state index contributed by atoms with van der Waals surface area (Å²) in [5.41, 5.74) is 2.34. The molecule has 0 bridgehead atoms. The van der Waals surface area contributed by atoms with Crippen molar-refractivity contribution in [2.45, 2.75) is 44.7 Å². The van der Waals surface area contributed by atoms with Crippen LogP contribution in [0, 0.1) is 6.92 Å². The Morgan fingerprint density at radius 1 is 1.35 bits per heavy atom. The van der Waals surface area contributed by atoms with Crippen molar-refractivity contribution >= 4 is 24.4 Å². The highest BCUT2D eigenvalue weighted by Crippen LogP contribution is 2.26. The summed E-state index contributed by atoms with van der Waals surface area (Å²) in [5.74, 6) is 0. The maximum absolute atomic E-state index is 12.0. The van der Waals surface area contributed by atoms with Crippen LogP contribution < -0.4 is 10.6 Å². The summed E-state index contributed by atoms with van der Waals surface area (Å²) in [6.07, 6.45) is -0.437. The van der Waals surface area contributed by atoms with Crippen LogP contribution in [0.15, 0.2) is 17.0 Å². The molecule has 1 aliphatic heterocycles. The molecule has 0 aliphatic carbocycles. The number of benzene rings is 1. The number of carbonyl (C=O) groups is 1. The summed E-state index contributed by atoms with van der Waals surface area (Å²) in [6, 6.07) is 4.09. The number of thiol groups is 1. The van der Waals surface area contributed by atoms with Crippen LogP contribution in [0.5, 0.6) is 0 Å². The van der Waals surface area contributed by atoms with Gasteiger partial charge < -0.3 is 10.1 Å². The smallest absolute Gasteiger partial charge is 0.412 e. The molecule has 128 valence electrons. The lowest BCUT2D eigenvalue weighted by Crippen LogP contribution is -2.42. The number of rotatable bonds is 3. The van der Waals surface area contributed by atoms with Crippen LogP contribution in [-0.2, 0) is 11.3 Å². The number of hydrogen-bond acceptors (Lipinski definition) is 5. The number of nitrogens with zero attached hydrogens (tertiary/aromatic N) is 1. The lowest BCUT2D eigenvalue weighted by Gasteiger charge is -2.27. The Labute approximate surface area is 144 Å². The van der Waals surface area contributed by atoms with Gasteiger partial charge in [-0.3, -0.25) is 10.2 Å². The number of carbonyl (C=O) groups excluding carboxylic acids is 1. The second kappa shape index (κ2) is 7.55. The summed E-state index contributed by atoms with van der Waals surface area (Å²) in [7, 11) is 0. The van der Waals surface area contributed by atoms with E-state index in [1.807, 2.05) is 33.8 Å². The Hall–Kier alpha value is -1.24. The Morgan fingerprint density at radius 3 is 2.61 bits per heavy atom. The molecule has 1 saturated heterocycles. The van der Waals surface area contributed by atoms with Crippen molar-refractivity contribution in [3.63, 3.8) is 0 Å². The molecule has 23 heavy (non-hydrogen) atoms. The van der Waals surface area contributed by atoms with Gasteiger partial charge in [-0.05, 0) is 51.0 Å². The van der Waals surface area contributed by atoms with E-state index in [0.29, 0.717) is 0 Å². The summed E-state index contributed by atoms with van der Waals surface area (Å²) < 4.78 is 5.33. The van der Waals surface area contributed by atoms with Gasteiger partial charge in [0.15, 0.2) is 0 Å². The van der Waals surface area contributed by atoms with E-state index in [9.17, 15) is 4.79 Å². The minimum atomic E-state index is -0.514. The zero-order valence-corrected chi connectivity index (χ0v) is 15.3. The van der Waals surface area contributed by atoms with Gasteiger partial charge in [0.1, 0.15) is 5.60 Å². The van der Waals surface area contributed by atoms with E-state index in [-0.39, 0.29) is 0 Å². The number of anilines is 1. The molecule has 0 spiro atoms. The van der Waals surface area contributed by atoms with Crippen molar-refractivity contribution in [2.24, 2.45) is 0 Å². The molecule has 0 atom stereocenters. The molecule has 0 radical (unpaired) electrons. The van der Waals surface area contributed by atoms with Crippen molar-refractivity contribution in [3.8, 4) is 0 Å². The van der Waals surface area contributed by atoms with Crippen molar-refractivity contribution in [1.82, 2.24) is 10.2 Å². The summed E-state index contributed by atoms with van der Waals surface area (Å²) in [6.45, 7) is 12.5. The third kappa shape index (κ3) is 5.71. The molecule has 2 N–H and O–H groups in total. The molecule has 5 nitrogen and oxygen atoms in total. The van der Waals surface area contributed by atoms with Gasteiger partial charge in [0.2, 0.25) is 0 Å². The Bertz CT molecular complexity index is 564. The molecule has 0 saturated carbocycles. The molecule has 0 unspecified atom stereocenters. The van der Waals surface area contributed by atoms with Gasteiger partial charge >= 0.3 is 6.09 Å². The second-order valence-corrected chi connectivity index (χ2v) is 7.42. The van der Waals surface area contributed by atoms with E-state index in [2.05, 4.69) is 34.2 Å². The molecule has 6 heteroatoms. The molecular formula is C17H27N3O2S. The Kier molecular flexibility index (Phi) is 5.95. The first-order valence-electron chi connectivity index (χ1n) is 8.00. The minimum Gasteiger partial charge on any atom is -0.444 e. The van der Waals surface area contributed by atoms with Gasteiger partial charge in [0, 0.05) is 43.3 Å². The number of ether oxygens (including phenoxy) is 1. The van der Waals surface area contributed by atoms with E-state index < -0.39 is 11.7 Å². The maximum atomic E-state index is 12.0. The average Bonchev–Trinajstić information content (AvgIpc) is 2.43. The number of nitrogens with one attached hydrogen (secondary N) is 2. The molecule has 1 heterocycles. The molecule has 1 aromatic carbocycles.